The van der Waals surface area contributed by atoms with E-state index in [1.165, 1.54) is 23.4 Å². The first-order chi connectivity index (χ1) is 11.9. The van der Waals surface area contributed by atoms with Crippen LogP contribution in [0, 0.1) is 0 Å². The number of nitrogens with one attached hydrogen (secondary N) is 1. The lowest BCUT2D eigenvalue weighted by Gasteiger charge is -2.16. The molecule has 138 valence electrons. The fourth-order valence-corrected chi connectivity index (χ4v) is 4.27. The van der Waals surface area contributed by atoms with Crippen LogP contribution in [0.3, 0.4) is 0 Å². The van der Waals surface area contributed by atoms with Crippen molar-refractivity contribution in [2.24, 2.45) is 0 Å². The van der Waals surface area contributed by atoms with Crippen LogP contribution in [-0.4, -0.2) is 44.1 Å². The molecule has 0 unspecified atom stereocenters. The Kier molecular flexibility index (Phi) is 5.64. The Balaban J connectivity index is 1.62. The van der Waals surface area contributed by atoms with E-state index in [4.69, 9.17) is 4.74 Å². The summed E-state index contributed by atoms with van der Waals surface area (Å²) in [6.07, 6.45) is 6.89. The van der Waals surface area contributed by atoms with Gasteiger partial charge in [0.15, 0.2) is 0 Å². The largest absolute Gasteiger partial charge is 0.492 e. The average Bonchev–Trinajstić information content (AvgIpc) is 2.95. The topological polar surface area (TPSA) is 75.7 Å². The van der Waals surface area contributed by atoms with Crippen LogP contribution >= 0.6 is 0 Å². The van der Waals surface area contributed by atoms with E-state index in [1.807, 2.05) is 18.2 Å². The average molecular weight is 366 g/mol. The number of fused-ring (bicyclic) bond motifs is 1. The summed E-state index contributed by atoms with van der Waals surface area (Å²) in [5.74, 6) is 0.821. The lowest BCUT2D eigenvalue weighted by Crippen LogP contribution is -2.32. The predicted octanol–water partition coefficient (Wildman–Crippen LogP) is 1.83. The van der Waals surface area contributed by atoms with Gasteiger partial charge < -0.3 is 10.1 Å². The smallest absolute Gasteiger partial charge is 0.220 e. The van der Waals surface area contributed by atoms with Crippen LogP contribution in [0.1, 0.15) is 43.2 Å². The number of aryl methyl sites for hydroxylation is 1. The minimum atomic E-state index is -3.25. The molecule has 6 nitrogen and oxygen atoms in total. The number of amides is 1. The van der Waals surface area contributed by atoms with Gasteiger partial charge in [-0.3, -0.25) is 4.79 Å². The van der Waals surface area contributed by atoms with Crippen LogP contribution in [0.15, 0.2) is 18.2 Å². The predicted molar refractivity (Wildman–Crippen MR) is 95.9 cm³/mol. The van der Waals surface area contributed by atoms with Crippen LogP contribution in [0.4, 0.5) is 0 Å². The molecule has 0 spiro atoms. The number of hydrogen-bond acceptors (Lipinski definition) is 4. The zero-order chi connectivity index (χ0) is 17.9. The second-order valence-electron chi connectivity index (χ2n) is 6.94. The van der Waals surface area contributed by atoms with Crippen molar-refractivity contribution in [2.45, 2.75) is 51.1 Å². The molecular weight excluding hydrogens is 340 g/mol. The molecule has 0 radical (unpaired) electrons. The Morgan fingerprint density at radius 2 is 2.08 bits per heavy atom. The summed E-state index contributed by atoms with van der Waals surface area (Å²) in [7, 11) is -3.25. The maximum Gasteiger partial charge on any atom is 0.220 e. The molecular formula is C18H26N2O4S. The molecule has 1 aromatic rings. The number of ether oxygens (including phenoxy) is 1. The van der Waals surface area contributed by atoms with Crippen molar-refractivity contribution in [1.29, 1.82) is 0 Å². The molecule has 1 aliphatic carbocycles. The molecule has 1 aromatic carbocycles. The number of hydrogen-bond donors (Lipinski definition) is 1. The number of nitrogens with zero attached hydrogens (tertiary/aromatic N) is 1. The number of sulfonamides is 1. The fourth-order valence-electron chi connectivity index (χ4n) is 3.49. The lowest BCUT2D eigenvalue weighted by atomic mass is 10.0. The van der Waals surface area contributed by atoms with E-state index in [9.17, 15) is 13.2 Å². The van der Waals surface area contributed by atoms with E-state index in [0.717, 1.165) is 29.7 Å². The Labute approximate surface area is 149 Å². The molecule has 1 heterocycles. The summed E-state index contributed by atoms with van der Waals surface area (Å²) < 4.78 is 30.7. The molecule has 1 amide bonds. The van der Waals surface area contributed by atoms with Gasteiger partial charge in [0, 0.05) is 31.1 Å². The first-order valence-corrected chi connectivity index (χ1v) is 10.8. The molecule has 25 heavy (non-hydrogen) atoms. The zero-order valence-electron chi connectivity index (χ0n) is 14.7. The fraction of sp³-hybridized carbons (Fsp3) is 0.611. The number of carbonyl (C=O) groups is 1. The van der Waals surface area contributed by atoms with Crippen LogP contribution in [0.25, 0.3) is 0 Å². The first-order valence-electron chi connectivity index (χ1n) is 8.91. The number of rotatable bonds is 5. The third-order valence-corrected chi connectivity index (χ3v) is 6.15. The van der Waals surface area contributed by atoms with E-state index in [-0.39, 0.29) is 5.91 Å². The van der Waals surface area contributed by atoms with Gasteiger partial charge >= 0.3 is 0 Å². The molecule has 0 atom stereocenters. The van der Waals surface area contributed by atoms with Gasteiger partial charge in [0.2, 0.25) is 15.9 Å². The molecule has 0 bridgehead atoms. The molecule has 1 aliphatic heterocycles. The number of carbonyl (C=O) groups excluding carboxylic acids is 1. The molecule has 0 saturated heterocycles. The Morgan fingerprint density at radius 1 is 1.32 bits per heavy atom. The second kappa shape index (κ2) is 7.74. The quantitative estimate of drug-likeness (QED) is 0.863. The molecule has 7 heteroatoms. The molecule has 1 fully saturated rings. The highest BCUT2D eigenvalue weighted by molar-refractivity contribution is 7.88. The lowest BCUT2D eigenvalue weighted by molar-refractivity contribution is -0.121. The monoisotopic (exact) mass is 366 g/mol. The van der Waals surface area contributed by atoms with E-state index in [2.05, 4.69) is 5.32 Å². The van der Waals surface area contributed by atoms with Crippen LogP contribution in [-0.2, 0) is 27.8 Å². The highest BCUT2D eigenvalue weighted by Gasteiger charge is 2.22. The van der Waals surface area contributed by atoms with Crippen LogP contribution < -0.4 is 10.1 Å². The molecule has 3 rings (SSSR count). The molecule has 1 saturated carbocycles. The Bertz CT molecular complexity index is 727. The van der Waals surface area contributed by atoms with E-state index < -0.39 is 10.0 Å². The standard InChI is InChI=1S/C18H26N2O4S/c1-25(22,23)20-10-11-24-17-8-6-14(12-15(17)13-20)7-9-18(21)19-16-4-2-3-5-16/h6,8,12,16H,2-5,7,9-11,13H2,1H3,(H,19,21). The highest BCUT2D eigenvalue weighted by Crippen LogP contribution is 2.26. The van der Waals surface area contributed by atoms with Gasteiger partial charge in [0.25, 0.3) is 0 Å². The summed E-state index contributed by atoms with van der Waals surface area (Å²) in [6.45, 7) is 1.02. The van der Waals surface area contributed by atoms with Crippen molar-refractivity contribution >= 4 is 15.9 Å². The molecule has 2 aliphatic rings. The van der Waals surface area contributed by atoms with Gasteiger partial charge in [-0.25, -0.2) is 8.42 Å². The summed E-state index contributed by atoms with van der Waals surface area (Å²) in [5, 5.41) is 3.10. The minimum absolute atomic E-state index is 0.0934. The second-order valence-corrected chi connectivity index (χ2v) is 8.92. The van der Waals surface area contributed by atoms with E-state index in [0.29, 0.717) is 38.6 Å². The van der Waals surface area contributed by atoms with Gasteiger partial charge in [-0.05, 0) is 30.9 Å². The first kappa shape index (κ1) is 18.2. The van der Waals surface area contributed by atoms with Gasteiger partial charge in [-0.1, -0.05) is 25.0 Å². The molecule has 1 N–H and O–H groups in total. The minimum Gasteiger partial charge on any atom is -0.492 e. The van der Waals surface area contributed by atoms with Gasteiger partial charge in [0.05, 0.1) is 6.26 Å². The number of benzene rings is 1. The van der Waals surface area contributed by atoms with Crippen molar-refractivity contribution in [3.8, 4) is 5.75 Å². The van der Waals surface area contributed by atoms with Gasteiger partial charge in [-0.15, -0.1) is 0 Å². The van der Waals surface area contributed by atoms with Crippen molar-refractivity contribution in [3.63, 3.8) is 0 Å². The van der Waals surface area contributed by atoms with Crippen molar-refractivity contribution in [1.82, 2.24) is 9.62 Å². The summed E-state index contributed by atoms with van der Waals surface area (Å²) in [5.41, 5.74) is 1.89. The van der Waals surface area contributed by atoms with E-state index in [1.54, 1.807) is 0 Å². The van der Waals surface area contributed by atoms with Crippen molar-refractivity contribution in [2.75, 3.05) is 19.4 Å². The van der Waals surface area contributed by atoms with Crippen molar-refractivity contribution in [3.05, 3.63) is 29.3 Å². The summed E-state index contributed by atoms with van der Waals surface area (Å²) >= 11 is 0. The SMILES string of the molecule is CS(=O)(=O)N1CCOc2ccc(CCC(=O)NC3CCCC3)cc2C1. The van der Waals surface area contributed by atoms with Crippen molar-refractivity contribution < 1.29 is 17.9 Å². The third-order valence-electron chi connectivity index (χ3n) is 4.90. The summed E-state index contributed by atoms with van der Waals surface area (Å²) in [4.78, 5) is 12.1. The normalized spacial score (nSPS) is 19.1. The van der Waals surface area contributed by atoms with Gasteiger partial charge in [0.1, 0.15) is 12.4 Å². The maximum absolute atomic E-state index is 12.1. The Hall–Kier alpha value is -1.60. The van der Waals surface area contributed by atoms with Crippen LogP contribution in [0.2, 0.25) is 0 Å². The molecule has 0 aromatic heterocycles. The van der Waals surface area contributed by atoms with Gasteiger partial charge in [-0.2, -0.15) is 4.31 Å². The summed E-state index contributed by atoms with van der Waals surface area (Å²) in [6, 6.07) is 6.14. The van der Waals surface area contributed by atoms with Crippen LogP contribution in [0.5, 0.6) is 5.75 Å². The highest BCUT2D eigenvalue weighted by atomic mass is 32.2. The third kappa shape index (κ3) is 4.95. The maximum atomic E-state index is 12.1. The zero-order valence-corrected chi connectivity index (χ0v) is 15.5. The Morgan fingerprint density at radius 3 is 2.80 bits per heavy atom. The van der Waals surface area contributed by atoms with E-state index >= 15 is 0 Å².